The minimum Gasteiger partial charge on any atom is -0.397 e. The minimum absolute atomic E-state index is 0.101. The lowest BCUT2D eigenvalue weighted by Crippen LogP contribution is -2.46. The molecule has 4 nitrogen and oxygen atoms in total. The van der Waals surface area contributed by atoms with Crippen LogP contribution in [0.25, 0.3) is 0 Å². The van der Waals surface area contributed by atoms with E-state index in [1.807, 2.05) is 0 Å². The highest BCUT2D eigenvalue weighted by Gasteiger charge is 2.34. The Bertz CT molecular complexity index is 508. The summed E-state index contributed by atoms with van der Waals surface area (Å²) in [4.78, 5) is 13.1. The van der Waals surface area contributed by atoms with Gasteiger partial charge in [0.1, 0.15) is 0 Å². The third kappa shape index (κ3) is 5.43. The van der Waals surface area contributed by atoms with Gasteiger partial charge < -0.3 is 11.1 Å². The molecule has 0 saturated carbocycles. The van der Waals surface area contributed by atoms with Gasteiger partial charge in [-0.2, -0.15) is 13.2 Å². The minimum atomic E-state index is -4.36. The molecule has 3 N–H and O–H groups in total. The number of alkyl halides is 3. The fourth-order valence-corrected chi connectivity index (χ4v) is 1.98. The largest absolute Gasteiger partial charge is 0.401 e. The van der Waals surface area contributed by atoms with Gasteiger partial charge >= 0.3 is 6.18 Å². The molecule has 0 aliphatic carbocycles. The Labute approximate surface area is 126 Å². The molecule has 0 aliphatic rings. The van der Waals surface area contributed by atoms with E-state index in [-0.39, 0.29) is 12.2 Å². The van der Waals surface area contributed by atoms with Crippen molar-refractivity contribution in [1.82, 2.24) is 4.90 Å². The molecule has 8 heteroatoms. The van der Waals surface area contributed by atoms with Gasteiger partial charge in [0.05, 0.1) is 24.0 Å². The van der Waals surface area contributed by atoms with E-state index < -0.39 is 24.7 Å². The first-order valence-electron chi connectivity index (χ1n) is 6.30. The van der Waals surface area contributed by atoms with E-state index in [0.29, 0.717) is 10.7 Å². The topological polar surface area (TPSA) is 58.4 Å². The van der Waals surface area contributed by atoms with Crippen molar-refractivity contribution in [2.45, 2.75) is 26.1 Å². The molecule has 1 atom stereocenters. The van der Waals surface area contributed by atoms with Crippen molar-refractivity contribution in [3.8, 4) is 0 Å². The van der Waals surface area contributed by atoms with E-state index >= 15 is 0 Å². The number of nitrogen functional groups attached to an aromatic ring is 1. The van der Waals surface area contributed by atoms with Crippen LogP contribution in [0.4, 0.5) is 24.5 Å². The second-order valence-corrected chi connectivity index (χ2v) is 5.01. The molecule has 118 valence electrons. The molecule has 0 fully saturated rings. The summed E-state index contributed by atoms with van der Waals surface area (Å²) in [6.07, 6.45) is -4.36. The SMILES string of the molecule is CCN(CC(F)(F)F)C(C)C(=O)Nc1ccc(Cl)cc1N. The molecule has 0 heterocycles. The van der Waals surface area contributed by atoms with Crippen LogP contribution in [0.3, 0.4) is 0 Å². The van der Waals surface area contributed by atoms with Gasteiger partial charge in [0.15, 0.2) is 0 Å². The van der Waals surface area contributed by atoms with Gasteiger partial charge in [-0.15, -0.1) is 0 Å². The van der Waals surface area contributed by atoms with Crippen LogP contribution in [-0.4, -0.2) is 36.1 Å². The Morgan fingerprint density at radius 3 is 2.57 bits per heavy atom. The molecule has 1 amide bonds. The predicted molar refractivity (Wildman–Crippen MR) is 77.3 cm³/mol. The summed E-state index contributed by atoms with van der Waals surface area (Å²) >= 11 is 5.74. The Balaban J connectivity index is 2.77. The highest BCUT2D eigenvalue weighted by molar-refractivity contribution is 6.31. The number of halogens is 4. The number of rotatable bonds is 5. The molecule has 1 aromatic rings. The zero-order valence-corrected chi connectivity index (χ0v) is 12.4. The number of hydrogen-bond donors (Lipinski definition) is 2. The average Bonchev–Trinajstić information content (AvgIpc) is 2.37. The third-order valence-electron chi connectivity index (χ3n) is 2.99. The van der Waals surface area contributed by atoms with Crippen molar-refractivity contribution >= 4 is 28.9 Å². The van der Waals surface area contributed by atoms with Crippen LogP contribution in [0.2, 0.25) is 5.02 Å². The number of carbonyl (C=O) groups excluding carboxylic acids is 1. The van der Waals surface area contributed by atoms with Crippen molar-refractivity contribution in [1.29, 1.82) is 0 Å². The van der Waals surface area contributed by atoms with Crippen LogP contribution in [0.1, 0.15) is 13.8 Å². The normalized spacial score (nSPS) is 13.3. The highest BCUT2D eigenvalue weighted by Crippen LogP contribution is 2.23. The lowest BCUT2D eigenvalue weighted by Gasteiger charge is -2.27. The Morgan fingerprint density at radius 1 is 1.48 bits per heavy atom. The summed E-state index contributed by atoms with van der Waals surface area (Å²) < 4.78 is 37.3. The molecule has 0 aromatic heterocycles. The lowest BCUT2D eigenvalue weighted by atomic mass is 10.2. The summed E-state index contributed by atoms with van der Waals surface area (Å²) in [5, 5.41) is 2.91. The van der Waals surface area contributed by atoms with E-state index in [9.17, 15) is 18.0 Å². The molecule has 0 spiro atoms. The summed E-state index contributed by atoms with van der Waals surface area (Å²) in [6.45, 7) is 1.93. The quantitative estimate of drug-likeness (QED) is 0.818. The summed E-state index contributed by atoms with van der Waals surface area (Å²) in [5.74, 6) is -0.560. The van der Waals surface area contributed by atoms with Gasteiger partial charge in [-0.25, -0.2) is 0 Å². The van der Waals surface area contributed by atoms with Crippen LogP contribution in [0.5, 0.6) is 0 Å². The standard InChI is InChI=1S/C13H17ClF3N3O/c1-3-20(7-13(15,16)17)8(2)12(21)19-11-5-4-9(14)6-10(11)18/h4-6,8H,3,7,18H2,1-2H3,(H,19,21). The number of nitrogens with zero attached hydrogens (tertiary/aromatic N) is 1. The monoisotopic (exact) mass is 323 g/mol. The smallest absolute Gasteiger partial charge is 0.397 e. The summed E-state index contributed by atoms with van der Waals surface area (Å²) in [6, 6.07) is 3.55. The van der Waals surface area contributed by atoms with Crippen molar-refractivity contribution in [3.05, 3.63) is 23.2 Å². The number of anilines is 2. The zero-order valence-electron chi connectivity index (χ0n) is 11.7. The number of benzene rings is 1. The first-order chi connectivity index (χ1) is 9.64. The maximum Gasteiger partial charge on any atom is 0.401 e. The highest BCUT2D eigenvalue weighted by atomic mass is 35.5. The molecule has 21 heavy (non-hydrogen) atoms. The number of nitrogens with two attached hydrogens (primary N) is 1. The molecule has 0 aliphatic heterocycles. The first kappa shape index (κ1) is 17.6. The van der Waals surface area contributed by atoms with E-state index in [2.05, 4.69) is 5.32 Å². The molecular formula is C13H17ClF3N3O. The Morgan fingerprint density at radius 2 is 2.10 bits per heavy atom. The lowest BCUT2D eigenvalue weighted by molar-refractivity contribution is -0.152. The fourth-order valence-electron chi connectivity index (χ4n) is 1.80. The molecule has 0 bridgehead atoms. The van der Waals surface area contributed by atoms with Gasteiger partial charge in [-0.3, -0.25) is 9.69 Å². The first-order valence-corrected chi connectivity index (χ1v) is 6.68. The van der Waals surface area contributed by atoms with Gasteiger partial charge in [0.25, 0.3) is 0 Å². The molecular weight excluding hydrogens is 307 g/mol. The average molecular weight is 324 g/mol. The van der Waals surface area contributed by atoms with Gasteiger partial charge in [-0.1, -0.05) is 18.5 Å². The Hall–Kier alpha value is -1.47. The van der Waals surface area contributed by atoms with Crippen molar-refractivity contribution in [3.63, 3.8) is 0 Å². The van der Waals surface area contributed by atoms with Crippen LogP contribution in [0, 0.1) is 0 Å². The predicted octanol–water partition coefficient (Wildman–Crippen LogP) is 3.13. The van der Waals surface area contributed by atoms with E-state index in [4.69, 9.17) is 17.3 Å². The number of likely N-dealkylation sites (N-methyl/N-ethyl adjacent to an activating group) is 1. The summed E-state index contributed by atoms with van der Waals surface area (Å²) in [5.41, 5.74) is 6.26. The van der Waals surface area contributed by atoms with Gasteiger partial charge in [-0.05, 0) is 31.7 Å². The molecule has 1 rings (SSSR count). The maximum atomic E-state index is 12.4. The number of amides is 1. The molecule has 1 aromatic carbocycles. The zero-order chi connectivity index (χ0) is 16.2. The number of carbonyl (C=O) groups is 1. The van der Waals surface area contributed by atoms with E-state index in [1.54, 1.807) is 6.92 Å². The number of nitrogens with one attached hydrogen (secondary N) is 1. The van der Waals surface area contributed by atoms with Gasteiger partial charge in [0, 0.05) is 5.02 Å². The van der Waals surface area contributed by atoms with Crippen LogP contribution in [0.15, 0.2) is 18.2 Å². The van der Waals surface area contributed by atoms with Crippen molar-refractivity contribution in [2.24, 2.45) is 0 Å². The summed E-state index contributed by atoms with van der Waals surface area (Å²) in [7, 11) is 0. The second-order valence-electron chi connectivity index (χ2n) is 4.58. The van der Waals surface area contributed by atoms with Crippen LogP contribution in [-0.2, 0) is 4.79 Å². The van der Waals surface area contributed by atoms with Crippen LogP contribution >= 0.6 is 11.6 Å². The van der Waals surface area contributed by atoms with Crippen LogP contribution < -0.4 is 11.1 Å². The molecule has 1 unspecified atom stereocenters. The van der Waals surface area contributed by atoms with E-state index in [1.165, 1.54) is 25.1 Å². The number of hydrogen-bond acceptors (Lipinski definition) is 3. The van der Waals surface area contributed by atoms with Gasteiger partial charge in [0.2, 0.25) is 5.91 Å². The van der Waals surface area contributed by atoms with Crippen molar-refractivity contribution < 1.29 is 18.0 Å². The molecule has 0 radical (unpaired) electrons. The second kappa shape index (κ2) is 7.00. The molecule has 0 saturated heterocycles. The third-order valence-corrected chi connectivity index (χ3v) is 3.22. The van der Waals surface area contributed by atoms with E-state index in [0.717, 1.165) is 4.90 Å². The Kier molecular flexibility index (Phi) is 5.86. The maximum absolute atomic E-state index is 12.4. The fraction of sp³-hybridized carbons (Fsp3) is 0.462. The van der Waals surface area contributed by atoms with Crippen molar-refractivity contribution in [2.75, 3.05) is 24.1 Å².